The monoisotopic (exact) mass is 304 g/mol. The lowest BCUT2D eigenvalue weighted by molar-refractivity contribution is 0.103. The maximum atomic E-state index is 13.5. The summed E-state index contributed by atoms with van der Waals surface area (Å²) in [5, 5.41) is 0.300. The van der Waals surface area contributed by atoms with Crippen molar-refractivity contribution in [2.45, 2.75) is 0 Å². The van der Waals surface area contributed by atoms with Crippen molar-refractivity contribution in [3.8, 4) is 0 Å². The van der Waals surface area contributed by atoms with E-state index in [2.05, 4.69) is 0 Å². The first-order valence-corrected chi connectivity index (χ1v) is 5.80. The van der Waals surface area contributed by atoms with Gasteiger partial charge in [-0.05, 0) is 30.3 Å². The standard InChI is InChI=1S/C13H5Cl2F3O/c14-6-1-2-7(9(15)5-6)13(19)8-3-4-10(16)12(18)11(8)17/h1-5H. The minimum absolute atomic E-state index is 0.00151. The van der Waals surface area contributed by atoms with Crippen LogP contribution < -0.4 is 0 Å². The molecule has 2 aromatic carbocycles. The van der Waals surface area contributed by atoms with Crippen LogP contribution in [0.4, 0.5) is 13.2 Å². The Morgan fingerprint density at radius 1 is 0.895 bits per heavy atom. The average Bonchev–Trinajstić information content (AvgIpc) is 2.35. The summed E-state index contributed by atoms with van der Waals surface area (Å²) in [6.07, 6.45) is 0. The van der Waals surface area contributed by atoms with Gasteiger partial charge in [0.05, 0.1) is 10.6 Å². The molecule has 0 bridgehead atoms. The molecule has 98 valence electrons. The average molecular weight is 305 g/mol. The molecule has 0 spiro atoms. The van der Waals surface area contributed by atoms with E-state index in [9.17, 15) is 18.0 Å². The number of rotatable bonds is 2. The Morgan fingerprint density at radius 3 is 2.16 bits per heavy atom. The molecule has 0 N–H and O–H groups in total. The molecule has 2 rings (SSSR count). The summed E-state index contributed by atoms with van der Waals surface area (Å²) in [5.74, 6) is -5.46. The van der Waals surface area contributed by atoms with Crippen molar-refractivity contribution in [1.29, 1.82) is 0 Å². The maximum absolute atomic E-state index is 13.5. The van der Waals surface area contributed by atoms with Crippen LogP contribution in [0.25, 0.3) is 0 Å². The molecule has 0 saturated carbocycles. The summed E-state index contributed by atoms with van der Waals surface area (Å²) in [6.45, 7) is 0. The van der Waals surface area contributed by atoms with Crippen molar-refractivity contribution in [3.63, 3.8) is 0 Å². The van der Waals surface area contributed by atoms with Crippen molar-refractivity contribution >= 4 is 29.0 Å². The molecule has 19 heavy (non-hydrogen) atoms. The van der Waals surface area contributed by atoms with Gasteiger partial charge in [0.2, 0.25) is 0 Å². The molecule has 0 aliphatic heterocycles. The molecule has 0 unspecified atom stereocenters. The highest BCUT2D eigenvalue weighted by molar-refractivity contribution is 6.37. The Labute approximate surface area is 116 Å². The highest BCUT2D eigenvalue weighted by atomic mass is 35.5. The predicted molar refractivity (Wildman–Crippen MR) is 66.2 cm³/mol. The first-order chi connectivity index (χ1) is 8.91. The number of benzene rings is 2. The van der Waals surface area contributed by atoms with Crippen LogP contribution in [-0.4, -0.2) is 5.78 Å². The van der Waals surface area contributed by atoms with E-state index in [1.807, 2.05) is 0 Å². The van der Waals surface area contributed by atoms with Crippen LogP contribution in [0.1, 0.15) is 15.9 Å². The number of ketones is 1. The smallest absolute Gasteiger partial charge is 0.197 e. The van der Waals surface area contributed by atoms with Crippen molar-refractivity contribution < 1.29 is 18.0 Å². The van der Waals surface area contributed by atoms with Crippen LogP contribution in [0, 0.1) is 17.5 Å². The highest BCUT2D eigenvalue weighted by Gasteiger charge is 2.21. The fraction of sp³-hybridized carbons (Fsp3) is 0. The van der Waals surface area contributed by atoms with Gasteiger partial charge in [-0.3, -0.25) is 4.79 Å². The molecule has 0 aliphatic rings. The van der Waals surface area contributed by atoms with Crippen LogP contribution in [-0.2, 0) is 0 Å². The third kappa shape index (κ3) is 2.60. The SMILES string of the molecule is O=C(c1ccc(Cl)cc1Cl)c1ccc(F)c(F)c1F. The molecular formula is C13H5Cl2F3O. The van der Waals surface area contributed by atoms with Gasteiger partial charge in [0, 0.05) is 10.6 Å². The summed E-state index contributed by atoms with van der Waals surface area (Å²) in [5.41, 5.74) is -0.640. The van der Waals surface area contributed by atoms with E-state index in [0.717, 1.165) is 6.07 Å². The number of carbonyl (C=O) groups excluding carboxylic acids is 1. The highest BCUT2D eigenvalue weighted by Crippen LogP contribution is 2.25. The van der Waals surface area contributed by atoms with Crippen LogP contribution in [0.5, 0.6) is 0 Å². The molecule has 0 aliphatic carbocycles. The van der Waals surface area contributed by atoms with E-state index in [1.165, 1.54) is 18.2 Å². The predicted octanol–water partition coefficient (Wildman–Crippen LogP) is 4.64. The van der Waals surface area contributed by atoms with Crippen LogP contribution in [0.2, 0.25) is 10.0 Å². The summed E-state index contributed by atoms with van der Waals surface area (Å²) >= 11 is 11.5. The molecule has 0 atom stereocenters. The van der Waals surface area contributed by atoms with E-state index in [0.29, 0.717) is 11.1 Å². The Balaban J connectivity index is 2.53. The van der Waals surface area contributed by atoms with Gasteiger partial charge < -0.3 is 0 Å². The zero-order chi connectivity index (χ0) is 14.2. The van der Waals surface area contributed by atoms with Gasteiger partial charge in [-0.25, -0.2) is 13.2 Å². The van der Waals surface area contributed by atoms with Gasteiger partial charge in [-0.15, -0.1) is 0 Å². The van der Waals surface area contributed by atoms with Gasteiger partial charge in [0.1, 0.15) is 0 Å². The largest absolute Gasteiger partial charge is 0.288 e. The Morgan fingerprint density at radius 2 is 1.53 bits per heavy atom. The fourth-order valence-electron chi connectivity index (χ4n) is 1.52. The van der Waals surface area contributed by atoms with Crippen molar-refractivity contribution in [2.75, 3.05) is 0 Å². The quantitative estimate of drug-likeness (QED) is 0.583. The Hall–Kier alpha value is -1.52. The summed E-state index contributed by atoms with van der Waals surface area (Å²) in [4.78, 5) is 12.0. The number of carbonyl (C=O) groups is 1. The first-order valence-electron chi connectivity index (χ1n) is 5.05. The molecule has 0 heterocycles. The lowest BCUT2D eigenvalue weighted by atomic mass is 10.0. The van der Waals surface area contributed by atoms with E-state index in [4.69, 9.17) is 23.2 Å². The zero-order valence-electron chi connectivity index (χ0n) is 9.18. The summed E-state index contributed by atoms with van der Waals surface area (Å²) in [7, 11) is 0. The number of halogens is 5. The lowest BCUT2D eigenvalue weighted by Crippen LogP contribution is -2.07. The van der Waals surface area contributed by atoms with E-state index in [-0.39, 0.29) is 10.6 Å². The third-order valence-electron chi connectivity index (χ3n) is 2.46. The van der Waals surface area contributed by atoms with Gasteiger partial charge in [-0.2, -0.15) is 0 Å². The number of hydrogen-bond acceptors (Lipinski definition) is 1. The molecule has 6 heteroatoms. The van der Waals surface area contributed by atoms with Crippen LogP contribution in [0.15, 0.2) is 30.3 Å². The third-order valence-corrected chi connectivity index (χ3v) is 3.00. The molecule has 1 nitrogen and oxygen atoms in total. The first kappa shape index (κ1) is 13.9. The van der Waals surface area contributed by atoms with Crippen LogP contribution in [0.3, 0.4) is 0 Å². The molecule has 0 aromatic heterocycles. The summed E-state index contributed by atoms with van der Waals surface area (Å²) < 4.78 is 39.4. The van der Waals surface area contributed by atoms with Crippen molar-refractivity contribution in [2.24, 2.45) is 0 Å². The minimum atomic E-state index is -1.70. The second kappa shape index (κ2) is 5.23. The van der Waals surface area contributed by atoms with Crippen LogP contribution >= 0.6 is 23.2 Å². The van der Waals surface area contributed by atoms with Gasteiger partial charge in [0.25, 0.3) is 0 Å². The Kier molecular flexibility index (Phi) is 3.83. The van der Waals surface area contributed by atoms with E-state index in [1.54, 1.807) is 0 Å². The van der Waals surface area contributed by atoms with Gasteiger partial charge in [-0.1, -0.05) is 23.2 Å². The molecule has 0 amide bonds. The van der Waals surface area contributed by atoms with Crippen molar-refractivity contribution in [3.05, 3.63) is 69.0 Å². The second-order valence-electron chi connectivity index (χ2n) is 3.68. The van der Waals surface area contributed by atoms with Gasteiger partial charge in [0.15, 0.2) is 23.2 Å². The maximum Gasteiger partial charge on any atom is 0.197 e. The minimum Gasteiger partial charge on any atom is -0.288 e. The van der Waals surface area contributed by atoms with E-state index < -0.39 is 28.8 Å². The Bertz CT molecular complexity index is 671. The zero-order valence-corrected chi connectivity index (χ0v) is 10.7. The fourth-order valence-corrected chi connectivity index (χ4v) is 2.01. The van der Waals surface area contributed by atoms with Gasteiger partial charge >= 0.3 is 0 Å². The molecule has 0 fully saturated rings. The lowest BCUT2D eigenvalue weighted by Gasteiger charge is -2.06. The second-order valence-corrected chi connectivity index (χ2v) is 4.52. The normalized spacial score (nSPS) is 10.6. The molecule has 0 radical (unpaired) electrons. The van der Waals surface area contributed by atoms with Crippen molar-refractivity contribution in [1.82, 2.24) is 0 Å². The molecule has 2 aromatic rings. The molecular weight excluding hydrogens is 300 g/mol. The van der Waals surface area contributed by atoms with E-state index >= 15 is 0 Å². The summed E-state index contributed by atoms with van der Waals surface area (Å²) in [6, 6.07) is 5.51. The topological polar surface area (TPSA) is 17.1 Å². The molecule has 0 saturated heterocycles. The number of hydrogen-bond donors (Lipinski definition) is 0.